The van der Waals surface area contributed by atoms with Crippen LogP contribution in [0, 0.1) is 13.8 Å². The zero-order chi connectivity index (χ0) is 17.7. The minimum absolute atomic E-state index is 0.252. The fourth-order valence-corrected chi connectivity index (χ4v) is 2.86. The molecule has 0 atom stereocenters. The van der Waals surface area contributed by atoms with Gasteiger partial charge in [0.15, 0.2) is 16.6 Å². The molecule has 24 heavy (non-hydrogen) atoms. The number of anilines is 1. The highest BCUT2D eigenvalue weighted by atomic mass is 32.1. The molecule has 0 fully saturated rings. The zero-order valence-electron chi connectivity index (χ0n) is 14.3. The van der Waals surface area contributed by atoms with Gasteiger partial charge in [0, 0.05) is 11.0 Å². The van der Waals surface area contributed by atoms with E-state index < -0.39 is 0 Å². The van der Waals surface area contributed by atoms with Crippen molar-refractivity contribution in [3.05, 3.63) is 34.3 Å². The molecular formula is C17H20N2O4S. The van der Waals surface area contributed by atoms with Crippen LogP contribution in [-0.4, -0.2) is 32.2 Å². The van der Waals surface area contributed by atoms with Gasteiger partial charge < -0.3 is 14.2 Å². The maximum Gasteiger partial charge on any atom is 0.250 e. The standard InChI is InChI=1S/C17H20N2O4S/c1-10-11(2)24-17(18-10)19-15(20)7-6-12-8-13(21-3)16(23-5)14(9-12)22-4/h6-9H,1-5H3,(H,18,19,20). The summed E-state index contributed by atoms with van der Waals surface area (Å²) in [5.74, 6) is 1.32. The molecule has 1 amide bonds. The third-order valence-electron chi connectivity index (χ3n) is 3.37. The Morgan fingerprint density at radius 3 is 2.21 bits per heavy atom. The summed E-state index contributed by atoms with van der Waals surface area (Å²) >= 11 is 1.45. The van der Waals surface area contributed by atoms with Gasteiger partial charge in [-0.25, -0.2) is 4.98 Å². The van der Waals surface area contributed by atoms with Gasteiger partial charge in [0.25, 0.3) is 0 Å². The molecule has 0 saturated carbocycles. The molecule has 0 bridgehead atoms. The summed E-state index contributed by atoms with van der Waals surface area (Å²) in [6.07, 6.45) is 3.11. The number of nitrogens with one attached hydrogen (secondary N) is 1. The number of ether oxygens (including phenoxy) is 3. The first-order valence-corrected chi connectivity index (χ1v) is 8.03. The molecule has 0 aliphatic heterocycles. The Kier molecular flexibility index (Phi) is 5.81. The van der Waals surface area contributed by atoms with Crippen LogP contribution in [-0.2, 0) is 4.79 Å². The fraction of sp³-hybridized carbons (Fsp3) is 0.294. The smallest absolute Gasteiger partial charge is 0.250 e. The minimum atomic E-state index is -0.252. The number of benzene rings is 1. The van der Waals surface area contributed by atoms with E-state index in [1.807, 2.05) is 13.8 Å². The summed E-state index contributed by atoms with van der Waals surface area (Å²) in [5.41, 5.74) is 1.68. The number of hydrogen-bond donors (Lipinski definition) is 1. The Bertz CT molecular complexity index is 723. The average molecular weight is 348 g/mol. The zero-order valence-corrected chi connectivity index (χ0v) is 15.1. The lowest BCUT2D eigenvalue weighted by Crippen LogP contribution is -2.07. The van der Waals surface area contributed by atoms with E-state index in [2.05, 4.69) is 10.3 Å². The Hall–Kier alpha value is -2.54. The van der Waals surface area contributed by atoms with Crippen molar-refractivity contribution in [3.8, 4) is 17.2 Å². The lowest BCUT2D eigenvalue weighted by atomic mass is 10.1. The van der Waals surface area contributed by atoms with Crippen molar-refractivity contribution >= 4 is 28.5 Å². The molecule has 1 heterocycles. The van der Waals surface area contributed by atoms with Crippen LogP contribution in [0.4, 0.5) is 5.13 Å². The van der Waals surface area contributed by atoms with Gasteiger partial charge in [-0.15, -0.1) is 11.3 Å². The molecule has 0 aliphatic rings. The molecule has 1 aromatic carbocycles. The second kappa shape index (κ2) is 7.83. The molecule has 0 spiro atoms. The fourth-order valence-electron chi connectivity index (χ4n) is 2.04. The second-order valence-corrected chi connectivity index (χ2v) is 6.15. The van der Waals surface area contributed by atoms with Gasteiger partial charge in [0.1, 0.15) is 0 Å². The highest BCUT2D eigenvalue weighted by Gasteiger charge is 2.12. The van der Waals surface area contributed by atoms with Gasteiger partial charge in [0.2, 0.25) is 11.7 Å². The van der Waals surface area contributed by atoms with Crippen molar-refractivity contribution in [2.45, 2.75) is 13.8 Å². The highest BCUT2D eigenvalue weighted by molar-refractivity contribution is 7.15. The largest absolute Gasteiger partial charge is 0.493 e. The maximum absolute atomic E-state index is 12.0. The van der Waals surface area contributed by atoms with Crippen LogP contribution in [0.5, 0.6) is 17.2 Å². The van der Waals surface area contributed by atoms with Crippen molar-refractivity contribution in [2.75, 3.05) is 26.6 Å². The van der Waals surface area contributed by atoms with Gasteiger partial charge in [-0.05, 0) is 37.6 Å². The van der Waals surface area contributed by atoms with Crippen LogP contribution >= 0.6 is 11.3 Å². The maximum atomic E-state index is 12.0. The highest BCUT2D eigenvalue weighted by Crippen LogP contribution is 2.38. The molecule has 7 heteroatoms. The Balaban J connectivity index is 2.17. The van der Waals surface area contributed by atoms with Gasteiger partial charge >= 0.3 is 0 Å². The number of aryl methyl sites for hydroxylation is 2. The molecule has 2 rings (SSSR count). The molecule has 6 nitrogen and oxygen atoms in total. The molecule has 2 aromatic rings. The quantitative estimate of drug-likeness (QED) is 0.810. The third kappa shape index (κ3) is 4.05. The first-order valence-electron chi connectivity index (χ1n) is 7.21. The van der Waals surface area contributed by atoms with E-state index in [0.29, 0.717) is 22.4 Å². The number of thiazole rings is 1. The van der Waals surface area contributed by atoms with Crippen molar-refractivity contribution in [1.82, 2.24) is 4.98 Å². The lowest BCUT2D eigenvalue weighted by Gasteiger charge is -2.12. The Labute approximate surface area is 145 Å². The first kappa shape index (κ1) is 17.8. The van der Waals surface area contributed by atoms with Gasteiger partial charge in [-0.1, -0.05) is 0 Å². The monoisotopic (exact) mass is 348 g/mol. The topological polar surface area (TPSA) is 69.7 Å². The Morgan fingerprint density at radius 2 is 1.75 bits per heavy atom. The number of amides is 1. The number of carbonyl (C=O) groups is 1. The molecular weight excluding hydrogens is 328 g/mol. The van der Waals surface area contributed by atoms with Crippen molar-refractivity contribution in [2.24, 2.45) is 0 Å². The molecule has 0 unspecified atom stereocenters. The third-order valence-corrected chi connectivity index (χ3v) is 4.36. The summed E-state index contributed by atoms with van der Waals surface area (Å²) in [6, 6.07) is 3.53. The molecule has 128 valence electrons. The number of rotatable bonds is 6. The first-order chi connectivity index (χ1) is 11.5. The molecule has 1 N–H and O–H groups in total. The average Bonchev–Trinajstić information content (AvgIpc) is 2.89. The molecule has 0 aliphatic carbocycles. The summed E-state index contributed by atoms with van der Waals surface area (Å²) < 4.78 is 15.9. The van der Waals surface area contributed by atoms with E-state index in [-0.39, 0.29) is 5.91 Å². The Morgan fingerprint density at radius 1 is 1.12 bits per heavy atom. The van der Waals surface area contributed by atoms with E-state index in [1.54, 1.807) is 39.5 Å². The number of carbonyl (C=O) groups excluding carboxylic acids is 1. The summed E-state index contributed by atoms with van der Waals surface area (Å²) in [4.78, 5) is 17.4. The van der Waals surface area contributed by atoms with Crippen LogP contribution < -0.4 is 19.5 Å². The predicted octanol–water partition coefficient (Wildman–Crippen LogP) is 3.44. The van der Waals surface area contributed by atoms with E-state index in [9.17, 15) is 4.79 Å². The summed E-state index contributed by atoms with van der Waals surface area (Å²) in [5, 5.41) is 3.34. The number of nitrogens with zero attached hydrogens (tertiary/aromatic N) is 1. The van der Waals surface area contributed by atoms with Crippen LogP contribution in [0.25, 0.3) is 6.08 Å². The summed E-state index contributed by atoms with van der Waals surface area (Å²) in [7, 11) is 4.64. The van der Waals surface area contributed by atoms with Gasteiger partial charge in [-0.3, -0.25) is 10.1 Å². The van der Waals surface area contributed by atoms with Crippen molar-refractivity contribution in [3.63, 3.8) is 0 Å². The van der Waals surface area contributed by atoms with Crippen LogP contribution in [0.3, 0.4) is 0 Å². The van der Waals surface area contributed by atoms with Crippen LogP contribution in [0.15, 0.2) is 18.2 Å². The van der Waals surface area contributed by atoms with Gasteiger partial charge in [-0.2, -0.15) is 0 Å². The van der Waals surface area contributed by atoms with Crippen LogP contribution in [0.2, 0.25) is 0 Å². The van der Waals surface area contributed by atoms with Crippen molar-refractivity contribution < 1.29 is 19.0 Å². The SMILES string of the molecule is COc1cc(C=CC(=O)Nc2nc(C)c(C)s2)cc(OC)c1OC. The number of methoxy groups -OCH3 is 3. The number of hydrogen-bond acceptors (Lipinski definition) is 6. The summed E-state index contributed by atoms with van der Waals surface area (Å²) in [6.45, 7) is 3.88. The van der Waals surface area contributed by atoms with Gasteiger partial charge in [0.05, 0.1) is 27.0 Å². The van der Waals surface area contributed by atoms with E-state index in [0.717, 1.165) is 16.1 Å². The lowest BCUT2D eigenvalue weighted by molar-refractivity contribution is -0.111. The minimum Gasteiger partial charge on any atom is -0.493 e. The van der Waals surface area contributed by atoms with E-state index >= 15 is 0 Å². The molecule has 0 saturated heterocycles. The normalized spacial score (nSPS) is 10.7. The number of aromatic nitrogens is 1. The van der Waals surface area contributed by atoms with Crippen LogP contribution in [0.1, 0.15) is 16.1 Å². The van der Waals surface area contributed by atoms with E-state index in [4.69, 9.17) is 14.2 Å². The molecule has 1 aromatic heterocycles. The second-order valence-electron chi connectivity index (χ2n) is 4.94. The van der Waals surface area contributed by atoms with E-state index in [1.165, 1.54) is 17.4 Å². The van der Waals surface area contributed by atoms with Crippen molar-refractivity contribution in [1.29, 1.82) is 0 Å². The predicted molar refractivity (Wildman–Crippen MR) is 95.3 cm³/mol. The molecule has 0 radical (unpaired) electrons.